The van der Waals surface area contributed by atoms with Crippen LogP contribution in [0.5, 0.6) is 0 Å². The van der Waals surface area contributed by atoms with Gasteiger partial charge in [0.25, 0.3) is 0 Å². The number of nitrogens with one attached hydrogen (secondary N) is 1. The van der Waals surface area contributed by atoms with E-state index in [0.717, 1.165) is 44.9 Å². The number of rotatable bonds is 41. The molecule has 1 amide bonds. The molecule has 6 nitrogen and oxygen atoms in total. The molecule has 0 aliphatic heterocycles. The second-order valence-corrected chi connectivity index (χ2v) is 15.8. The minimum absolute atomic E-state index is 0.364. The number of allylic oxidation sites excluding steroid dienone is 2. The molecule has 304 valence electrons. The molecule has 0 bridgehead atoms. The Balaban J connectivity index is 3.72. The number of carbonyl (C=O) groups is 1. The minimum atomic E-state index is -1.26. The maximum atomic E-state index is 12.5. The van der Waals surface area contributed by atoms with Crippen molar-refractivity contribution in [2.75, 3.05) is 6.61 Å². The van der Waals surface area contributed by atoms with Crippen molar-refractivity contribution in [2.24, 2.45) is 0 Å². The lowest BCUT2D eigenvalue weighted by molar-refractivity contribution is -0.132. The van der Waals surface area contributed by atoms with Crippen molar-refractivity contribution in [3.05, 3.63) is 12.2 Å². The highest BCUT2D eigenvalue weighted by Crippen LogP contribution is 2.17. The lowest BCUT2D eigenvalue weighted by atomic mass is 9.99. The van der Waals surface area contributed by atoms with E-state index in [4.69, 9.17) is 0 Å². The Labute approximate surface area is 317 Å². The van der Waals surface area contributed by atoms with Gasteiger partial charge in [-0.1, -0.05) is 212 Å². The molecule has 0 fully saturated rings. The first-order valence-electron chi connectivity index (χ1n) is 22.6. The number of carbonyl (C=O) groups excluding carboxylic acids is 1. The Bertz CT molecular complexity index is 731. The van der Waals surface area contributed by atoms with Crippen molar-refractivity contribution < 1.29 is 25.2 Å². The van der Waals surface area contributed by atoms with Gasteiger partial charge in [-0.2, -0.15) is 0 Å². The molecule has 0 aliphatic carbocycles. The summed E-state index contributed by atoms with van der Waals surface area (Å²) in [7, 11) is 0. The number of aliphatic hydroxyl groups is 4. The van der Waals surface area contributed by atoms with Gasteiger partial charge >= 0.3 is 0 Å². The van der Waals surface area contributed by atoms with Gasteiger partial charge in [0.2, 0.25) is 5.91 Å². The molecule has 0 aromatic heterocycles. The lowest BCUT2D eigenvalue weighted by Gasteiger charge is -2.27. The molecule has 0 radical (unpaired) electrons. The van der Waals surface area contributed by atoms with Crippen molar-refractivity contribution in [1.29, 1.82) is 0 Å². The zero-order valence-corrected chi connectivity index (χ0v) is 34.1. The molecule has 4 unspecified atom stereocenters. The van der Waals surface area contributed by atoms with E-state index in [2.05, 4.69) is 31.3 Å². The van der Waals surface area contributed by atoms with Crippen LogP contribution in [0.3, 0.4) is 0 Å². The fraction of sp³-hybridized carbons (Fsp3) is 0.933. The molecule has 0 spiro atoms. The molecule has 51 heavy (non-hydrogen) atoms. The van der Waals surface area contributed by atoms with Gasteiger partial charge in [0.1, 0.15) is 12.2 Å². The molecule has 0 aliphatic rings. The highest BCUT2D eigenvalue weighted by atomic mass is 16.3. The highest BCUT2D eigenvalue weighted by molar-refractivity contribution is 5.80. The zero-order chi connectivity index (χ0) is 37.5. The first-order chi connectivity index (χ1) is 25.0. The summed E-state index contributed by atoms with van der Waals surface area (Å²) in [4.78, 5) is 12.5. The largest absolute Gasteiger partial charge is 0.394 e. The summed E-state index contributed by atoms with van der Waals surface area (Å²) in [6, 6.07) is -0.984. The Kier molecular flexibility index (Phi) is 39.5. The first kappa shape index (κ1) is 50.1. The smallest absolute Gasteiger partial charge is 0.249 e. The van der Waals surface area contributed by atoms with Gasteiger partial charge in [-0.25, -0.2) is 0 Å². The molecule has 0 rings (SSSR count). The van der Waals surface area contributed by atoms with Crippen molar-refractivity contribution in [1.82, 2.24) is 5.32 Å². The Hall–Kier alpha value is -0.950. The highest BCUT2D eigenvalue weighted by Gasteiger charge is 2.28. The van der Waals surface area contributed by atoms with Crippen LogP contribution in [0.15, 0.2) is 12.2 Å². The maximum Gasteiger partial charge on any atom is 0.249 e. The van der Waals surface area contributed by atoms with Crippen molar-refractivity contribution in [3.8, 4) is 0 Å². The summed E-state index contributed by atoms with van der Waals surface area (Å²) in [5.74, 6) is -0.587. The summed E-state index contributed by atoms with van der Waals surface area (Å²) in [5.41, 5.74) is 0. The summed E-state index contributed by atoms with van der Waals surface area (Å²) < 4.78 is 0. The van der Waals surface area contributed by atoms with E-state index in [0.29, 0.717) is 12.8 Å². The van der Waals surface area contributed by atoms with Crippen molar-refractivity contribution in [3.63, 3.8) is 0 Å². The topological polar surface area (TPSA) is 110 Å². The second kappa shape index (κ2) is 40.2. The maximum absolute atomic E-state index is 12.5. The van der Waals surface area contributed by atoms with E-state index < -0.39 is 36.9 Å². The van der Waals surface area contributed by atoms with E-state index in [-0.39, 0.29) is 0 Å². The number of hydrogen-bond donors (Lipinski definition) is 5. The molecular formula is C45H89NO5. The summed E-state index contributed by atoms with van der Waals surface area (Å²) in [6.07, 6.45) is 43.8. The Morgan fingerprint density at radius 3 is 1.14 bits per heavy atom. The van der Waals surface area contributed by atoms with Gasteiger partial charge < -0.3 is 25.7 Å². The van der Waals surface area contributed by atoms with E-state index in [1.165, 1.54) is 167 Å². The van der Waals surface area contributed by atoms with Crippen LogP contribution >= 0.6 is 0 Å². The van der Waals surface area contributed by atoms with Gasteiger partial charge in [0.15, 0.2) is 0 Å². The van der Waals surface area contributed by atoms with Crippen LogP contribution in [0, 0.1) is 0 Å². The number of amides is 1. The molecule has 6 heteroatoms. The van der Waals surface area contributed by atoms with Crippen LogP contribution in [0.2, 0.25) is 0 Å². The predicted octanol–water partition coefficient (Wildman–Crippen LogP) is 11.8. The zero-order valence-electron chi connectivity index (χ0n) is 34.1. The molecule has 4 atom stereocenters. The molecule has 5 N–H and O–H groups in total. The molecule has 0 aromatic rings. The van der Waals surface area contributed by atoms with Gasteiger partial charge in [0.05, 0.1) is 18.8 Å². The SMILES string of the molecule is CCCCCCCC/C=C\CCCCCCCCC(O)C(=O)NC(CO)C(O)C(O)CCCCCCCCCCCCCCCCCCCCC. The second-order valence-electron chi connectivity index (χ2n) is 15.8. The quantitative estimate of drug-likeness (QED) is 0.0319. The molecule has 0 saturated heterocycles. The van der Waals surface area contributed by atoms with E-state index in [1.807, 2.05) is 0 Å². The van der Waals surface area contributed by atoms with Crippen LogP contribution in [0.4, 0.5) is 0 Å². The summed E-state index contributed by atoms with van der Waals surface area (Å²) in [5, 5.41) is 43.7. The van der Waals surface area contributed by atoms with Crippen LogP contribution in [0.25, 0.3) is 0 Å². The monoisotopic (exact) mass is 724 g/mol. The van der Waals surface area contributed by atoms with E-state index in [1.54, 1.807) is 0 Å². The predicted molar refractivity (Wildman–Crippen MR) is 219 cm³/mol. The average molecular weight is 724 g/mol. The van der Waals surface area contributed by atoms with Gasteiger partial charge in [-0.3, -0.25) is 4.79 Å². The van der Waals surface area contributed by atoms with Crippen LogP contribution in [-0.2, 0) is 4.79 Å². The lowest BCUT2D eigenvalue weighted by Crippen LogP contribution is -2.53. The van der Waals surface area contributed by atoms with Gasteiger partial charge in [0, 0.05) is 0 Å². The fourth-order valence-electron chi connectivity index (χ4n) is 7.11. The standard InChI is InChI=1S/C45H89NO5/c1-3-5-7-9-11-13-15-17-19-21-22-23-25-26-28-30-32-34-36-38-42(48)44(50)41(40-47)46-45(51)43(49)39-37-35-33-31-29-27-24-20-18-16-14-12-10-8-6-4-2/h18,20,41-44,47-50H,3-17,19,21-40H2,1-2H3,(H,46,51)/b20-18-. The van der Waals surface area contributed by atoms with Gasteiger partial charge in [-0.15, -0.1) is 0 Å². The summed E-state index contributed by atoms with van der Waals surface area (Å²) in [6.45, 7) is 4.05. The van der Waals surface area contributed by atoms with E-state index in [9.17, 15) is 25.2 Å². The normalized spacial score (nSPS) is 14.2. The van der Waals surface area contributed by atoms with Crippen LogP contribution in [0.1, 0.15) is 239 Å². The Morgan fingerprint density at radius 1 is 0.471 bits per heavy atom. The van der Waals surface area contributed by atoms with Crippen LogP contribution < -0.4 is 5.32 Å². The Morgan fingerprint density at radius 2 is 0.784 bits per heavy atom. The first-order valence-corrected chi connectivity index (χ1v) is 22.6. The molecular weight excluding hydrogens is 634 g/mol. The molecule has 0 aromatic carbocycles. The third kappa shape index (κ3) is 34.6. The van der Waals surface area contributed by atoms with Crippen molar-refractivity contribution in [2.45, 2.75) is 263 Å². The molecule has 0 saturated carbocycles. The van der Waals surface area contributed by atoms with Crippen LogP contribution in [-0.4, -0.2) is 57.3 Å². The summed E-state index contributed by atoms with van der Waals surface area (Å²) >= 11 is 0. The fourth-order valence-corrected chi connectivity index (χ4v) is 7.11. The minimum Gasteiger partial charge on any atom is -0.394 e. The van der Waals surface area contributed by atoms with Crippen molar-refractivity contribution >= 4 is 5.91 Å². The number of unbranched alkanes of at least 4 members (excludes halogenated alkanes) is 30. The third-order valence-corrected chi connectivity index (χ3v) is 10.7. The molecule has 0 heterocycles. The third-order valence-electron chi connectivity index (χ3n) is 10.7. The average Bonchev–Trinajstić information content (AvgIpc) is 3.13. The number of hydrogen-bond acceptors (Lipinski definition) is 5. The number of aliphatic hydroxyl groups excluding tert-OH is 4. The van der Waals surface area contributed by atoms with Gasteiger partial charge in [-0.05, 0) is 38.5 Å². The van der Waals surface area contributed by atoms with E-state index >= 15 is 0 Å².